The summed E-state index contributed by atoms with van der Waals surface area (Å²) in [5.74, 6) is -3.21. The minimum absolute atomic E-state index is 0.0636. The molecule has 1 heterocycles. The van der Waals surface area contributed by atoms with E-state index in [4.69, 9.17) is 10.9 Å². The lowest BCUT2D eigenvalue weighted by Crippen LogP contribution is -2.48. The highest BCUT2D eigenvalue weighted by atomic mass is 32.2. The second kappa shape index (κ2) is 5.95. The molecule has 10 heteroatoms. The second-order valence-electron chi connectivity index (χ2n) is 4.48. The molecule has 0 bridgehead atoms. The number of nitrogens with zero attached hydrogens (tertiary/aromatic N) is 1. The van der Waals surface area contributed by atoms with Gasteiger partial charge in [0.15, 0.2) is 15.7 Å². The standard InChI is InChI=1S/C9H16F3N3O3S/c10-9(11,12)7(8(13)15-16)4-14-6-2-1-3-19(17,18)5-6/h6-7,14,16H,1-5H2,(H2,13,15). The van der Waals surface area contributed by atoms with Crippen LogP contribution in [-0.2, 0) is 9.84 Å². The summed E-state index contributed by atoms with van der Waals surface area (Å²) in [6.45, 7) is -0.612. The summed E-state index contributed by atoms with van der Waals surface area (Å²) in [6.07, 6.45) is -3.75. The van der Waals surface area contributed by atoms with Crippen LogP contribution in [0.3, 0.4) is 0 Å². The average molecular weight is 303 g/mol. The molecule has 1 aliphatic rings. The molecule has 2 unspecified atom stereocenters. The Balaban J connectivity index is 2.62. The van der Waals surface area contributed by atoms with Gasteiger partial charge in [-0.2, -0.15) is 13.2 Å². The largest absolute Gasteiger partial charge is 0.409 e. The summed E-state index contributed by atoms with van der Waals surface area (Å²) < 4.78 is 60.6. The van der Waals surface area contributed by atoms with Gasteiger partial charge in [0.25, 0.3) is 0 Å². The third-order valence-corrected chi connectivity index (χ3v) is 4.76. The van der Waals surface area contributed by atoms with E-state index >= 15 is 0 Å². The van der Waals surface area contributed by atoms with E-state index in [2.05, 4.69) is 10.5 Å². The number of nitrogens with one attached hydrogen (secondary N) is 1. The molecule has 0 radical (unpaired) electrons. The molecular weight excluding hydrogens is 287 g/mol. The quantitative estimate of drug-likeness (QED) is 0.295. The van der Waals surface area contributed by atoms with Gasteiger partial charge in [-0.3, -0.25) is 0 Å². The molecule has 0 aromatic heterocycles. The lowest BCUT2D eigenvalue weighted by molar-refractivity contribution is -0.155. The molecule has 2 atom stereocenters. The molecule has 0 spiro atoms. The van der Waals surface area contributed by atoms with Gasteiger partial charge in [0.05, 0.1) is 11.5 Å². The highest BCUT2D eigenvalue weighted by Crippen LogP contribution is 2.26. The van der Waals surface area contributed by atoms with Gasteiger partial charge in [-0.05, 0) is 12.8 Å². The van der Waals surface area contributed by atoms with Crippen LogP contribution in [0.15, 0.2) is 5.16 Å². The fraction of sp³-hybridized carbons (Fsp3) is 0.889. The Morgan fingerprint density at radius 1 is 1.53 bits per heavy atom. The number of hydrogen-bond acceptors (Lipinski definition) is 5. The molecule has 0 aromatic rings. The highest BCUT2D eigenvalue weighted by molar-refractivity contribution is 7.91. The van der Waals surface area contributed by atoms with Gasteiger partial charge < -0.3 is 16.3 Å². The Hall–Kier alpha value is -1.03. The zero-order chi connectivity index (χ0) is 14.7. The van der Waals surface area contributed by atoms with Crippen molar-refractivity contribution >= 4 is 15.7 Å². The zero-order valence-electron chi connectivity index (χ0n) is 10.0. The summed E-state index contributed by atoms with van der Waals surface area (Å²) in [4.78, 5) is 0. The summed E-state index contributed by atoms with van der Waals surface area (Å²) in [5, 5.41) is 13.2. The molecule has 1 fully saturated rings. The minimum atomic E-state index is -4.66. The van der Waals surface area contributed by atoms with Gasteiger partial charge in [-0.1, -0.05) is 5.16 Å². The van der Waals surface area contributed by atoms with Crippen LogP contribution in [0, 0.1) is 5.92 Å². The number of halogens is 3. The predicted octanol–water partition coefficient (Wildman–Crippen LogP) is 0.0781. The third kappa shape index (κ3) is 4.86. The average Bonchev–Trinajstić information content (AvgIpc) is 2.25. The van der Waals surface area contributed by atoms with E-state index in [9.17, 15) is 21.6 Å². The SMILES string of the molecule is NC(=NO)C(CNC1CCCS(=O)(=O)C1)C(F)(F)F. The van der Waals surface area contributed by atoms with E-state index in [1.165, 1.54) is 0 Å². The van der Waals surface area contributed by atoms with Crippen molar-refractivity contribution in [2.24, 2.45) is 16.8 Å². The van der Waals surface area contributed by atoms with Crippen molar-refractivity contribution in [2.45, 2.75) is 25.1 Å². The topological polar surface area (TPSA) is 105 Å². The van der Waals surface area contributed by atoms with Crippen LogP contribution in [0.4, 0.5) is 13.2 Å². The van der Waals surface area contributed by atoms with Crippen molar-refractivity contribution in [1.29, 1.82) is 0 Å². The van der Waals surface area contributed by atoms with Gasteiger partial charge in [0.2, 0.25) is 0 Å². The predicted molar refractivity (Wildman–Crippen MR) is 62.6 cm³/mol. The third-order valence-electron chi connectivity index (χ3n) is 2.94. The molecule has 6 nitrogen and oxygen atoms in total. The number of oxime groups is 1. The van der Waals surface area contributed by atoms with Crippen LogP contribution in [-0.4, -0.2) is 49.7 Å². The molecule has 0 amide bonds. The molecule has 0 aliphatic carbocycles. The van der Waals surface area contributed by atoms with Gasteiger partial charge in [-0.15, -0.1) is 0 Å². The molecule has 112 valence electrons. The second-order valence-corrected chi connectivity index (χ2v) is 6.71. The number of amidine groups is 1. The molecule has 0 aromatic carbocycles. The Labute approximate surface area is 108 Å². The highest BCUT2D eigenvalue weighted by Gasteiger charge is 2.43. The molecular formula is C9H16F3N3O3S. The summed E-state index contributed by atoms with van der Waals surface area (Å²) >= 11 is 0. The van der Waals surface area contributed by atoms with Crippen LogP contribution < -0.4 is 11.1 Å². The first-order valence-corrected chi connectivity index (χ1v) is 7.46. The first kappa shape index (κ1) is 16.0. The van der Waals surface area contributed by atoms with Crippen LogP contribution in [0.5, 0.6) is 0 Å². The maximum Gasteiger partial charge on any atom is 0.400 e. The van der Waals surface area contributed by atoms with Crippen molar-refractivity contribution in [1.82, 2.24) is 5.32 Å². The van der Waals surface area contributed by atoms with Crippen molar-refractivity contribution in [3.8, 4) is 0 Å². The molecule has 4 N–H and O–H groups in total. The molecule has 1 rings (SSSR count). The maximum absolute atomic E-state index is 12.6. The van der Waals surface area contributed by atoms with E-state index < -0.39 is 40.4 Å². The van der Waals surface area contributed by atoms with E-state index in [0.717, 1.165) is 0 Å². The number of alkyl halides is 3. The normalized spacial score (nSPS) is 26.1. The number of nitrogens with two attached hydrogens (primary N) is 1. The van der Waals surface area contributed by atoms with Gasteiger partial charge in [0.1, 0.15) is 5.92 Å². The van der Waals surface area contributed by atoms with Crippen molar-refractivity contribution in [3.63, 3.8) is 0 Å². The summed E-state index contributed by atoms with van der Waals surface area (Å²) in [7, 11) is -3.20. The van der Waals surface area contributed by atoms with Gasteiger partial charge >= 0.3 is 6.18 Å². The molecule has 1 aliphatic heterocycles. The van der Waals surface area contributed by atoms with E-state index in [-0.39, 0.29) is 11.5 Å². The minimum Gasteiger partial charge on any atom is -0.409 e. The zero-order valence-corrected chi connectivity index (χ0v) is 10.8. The van der Waals surface area contributed by atoms with Crippen molar-refractivity contribution < 1.29 is 26.8 Å². The van der Waals surface area contributed by atoms with Crippen LogP contribution in [0.2, 0.25) is 0 Å². The van der Waals surface area contributed by atoms with E-state index in [0.29, 0.717) is 12.8 Å². The fourth-order valence-corrected chi connectivity index (χ4v) is 3.60. The van der Waals surface area contributed by atoms with Crippen LogP contribution in [0.25, 0.3) is 0 Å². The molecule has 0 saturated carbocycles. The number of sulfone groups is 1. The van der Waals surface area contributed by atoms with E-state index in [1.807, 2.05) is 0 Å². The monoisotopic (exact) mass is 303 g/mol. The van der Waals surface area contributed by atoms with Gasteiger partial charge in [-0.25, -0.2) is 8.42 Å². The Kier molecular flexibility index (Phi) is 5.02. The molecule has 19 heavy (non-hydrogen) atoms. The van der Waals surface area contributed by atoms with Crippen LogP contribution >= 0.6 is 0 Å². The first-order chi connectivity index (χ1) is 8.65. The lowest BCUT2D eigenvalue weighted by atomic mass is 10.1. The Morgan fingerprint density at radius 2 is 2.16 bits per heavy atom. The van der Waals surface area contributed by atoms with E-state index in [1.54, 1.807) is 0 Å². The summed E-state index contributed by atoms with van der Waals surface area (Å²) in [6, 6.07) is -0.532. The van der Waals surface area contributed by atoms with Crippen molar-refractivity contribution in [3.05, 3.63) is 0 Å². The van der Waals surface area contributed by atoms with Crippen molar-refractivity contribution in [2.75, 3.05) is 18.1 Å². The molecule has 1 saturated heterocycles. The van der Waals surface area contributed by atoms with Gasteiger partial charge in [0, 0.05) is 12.6 Å². The smallest absolute Gasteiger partial charge is 0.400 e. The van der Waals surface area contributed by atoms with Crippen LogP contribution in [0.1, 0.15) is 12.8 Å². The first-order valence-electron chi connectivity index (χ1n) is 5.63. The number of hydrogen-bond donors (Lipinski definition) is 3. The maximum atomic E-state index is 12.6. The Morgan fingerprint density at radius 3 is 2.63 bits per heavy atom. The Bertz CT molecular complexity index is 436. The fourth-order valence-electron chi connectivity index (χ4n) is 1.93. The summed E-state index contributed by atoms with van der Waals surface area (Å²) in [5.41, 5.74) is 4.99. The number of rotatable bonds is 4. The lowest BCUT2D eigenvalue weighted by Gasteiger charge is -2.26.